The topological polar surface area (TPSA) is 149 Å². The van der Waals surface area contributed by atoms with Gasteiger partial charge in [0.2, 0.25) is 11.8 Å². The monoisotopic (exact) mass is 806 g/mol. The minimum atomic E-state index is -1.42. The number of Topliss-reactive ketones (excluding diaryl/α,β-unsaturated/α-hetero) is 1. The average molecular weight is 807 g/mol. The summed E-state index contributed by atoms with van der Waals surface area (Å²) in [6, 6.07) is 26.2. The van der Waals surface area contributed by atoms with Crippen LogP contribution in [-0.2, 0) is 28.7 Å². The Morgan fingerprint density at radius 2 is 1.49 bits per heavy atom. The van der Waals surface area contributed by atoms with Gasteiger partial charge in [-0.15, -0.1) is 0 Å². The molecule has 2 heterocycles. The molecular weight excluding hydrogens is 745 g/mol. The number of benzene rings is 3. The average Bonchev–Trinajstić information content (AvgIpc) is 3.57. The number of nitrogens with zero attached hydrogens (tertiary/aromatic N) is 1. The highest BCUT2D eigenvalue weighted by molar-refractivity contribution is 5.97. The van der Waals surface area contributed by atoms with Crippen LogP contribution < -0.4 is 16.7 Å². The van der Waals surface area contributed by atoms with Crippen molar-refractivity contribution in [2.24, 2.45) is 40.8 Å². The Morgan fingerprint density at radius 3 is 2.08 bits per heavy atom. The Labute approximate surface area is 349 Å². The first kappa shape index (κ1) is 43.7. The smallest absolute Gasteiger partial charge is 0.409 e. The molecule has 0 spiro atoms. The van der Waals surface area contributed by atoms with Gasteiger partial charge in [-0.1, -0.05) is 119 Å². The number of allylic oxidation sites excluding steroid dienone is 1. The summed E-state index contributed by atoms with van der Waals surface area (Å²) in [5, 5.41) is 0. The van der Waals surface area contributed by atoms with E-state index < -0.39 is 35.4 Å². The van der Waals surface area contributed by atoms with Crippen LogP contribution in [0.15, 0.2) is 84.9 Å². The Hall–Kier alpha value is -4.84. The van der Waals surface area contributed by atoms with Gasteiger partial charge in [0, 0.05) is 38.5 Å². The molecule has 4 atom stereocenters. The second kappa shape index (κ2) is 20.4. The van der Waals surface area contributed by atoms with Crippen LogP contribution in [0.4, 0.5) is 4.79 Å². The van der Waals surface area contributed by atoms with E-state index in [1.165, 1.54) is 11.1 Å². The molecule has 0 bridgehead atoms. The van der Waals surface area contributed by atoms with Crippen LogP contribution >= 0.6 is 0 Å². The molecule has 11 nitrogen and oxygen atoms in total. The molecule has 3 aliphatic rings. The van der Waals surface area contributed by atoms with Crippen molar-refractivity contribution in [1.29, 1.82) is 0 Å². The fourth-order valence-corrected chi connectivity index (χ4v) is 9.40. The molecule has 2 aliphatic heterocycles. The Balaban J connectivity index is 1.23. The van der Waals surface area contributed by atoms with Crippen molar-refractivity contribution in [3.8, 4) is 11.1 Å². The van der Waals surface area contributed by atoms with Gasteiger partial charge in [0.05, 0.1) is 17.3 Å². The number of hydrogen-bond acceptors (Lipinski definition) is 8. The summed E-state index contributed by atoms with van der Waals surface area (Å²) < 4.78 is 11.7. The molecule has 0 radical (unpaired) electrons. The zero-order chi connectivity index (χ0) is 41.9. The van der Waals surface area contributed by atoms with Crippen molar-refractivity contribution in [2.45, 2.75) is 91.3 Å². The largest absolute Gasteiger partial charge is 0.448 e. The van der Waals surface area contributed by atoms with Crippen molar-refractivity contribution >= 4 is 29.8 Å². The number of ether oxygens (including phenoxy) is 2. The second-order valence-electron chi connectivity index (χ2n) is 17.3. The number of ketones is 1. The number of hydrogen-bond donors (Lipinski definition) is 3. The lowest BCUT2D eigenvalue weighted by atomic mass is 9.59. The van der Waals surface area contributed by atoms with Crippen LogP contribution in [0.1, 0.15) is 102 Å². The van der Waals surface area contributed by atoms with Gasteiger partial charge in [0.1, 0.15) is 12.4 Å². The van der Waals surface area contributed by atoms with Crippen LogP contribution in [-0.4, -0.2) is 61.2 Å². The number of hydroxylamine groups is 1. The maximum Gasteiger partial charge on any atom is 0.409 e. The zero-order valence-corrected chi connectivity index (χ0v) is 35.1. The van der Waals surface area contributed by atoms with E-state index in [0.29, 0.717) is 51.8 Å². The summed E-state index contributed by atoms with van der Waals surface area (Å²) in [4.78, 5) is 65.0. The number of amides is 3. The normalized spacial score (nSPS) is 19.2. The molecule has 0 saturated carbocycles. The third-order valence-corrected chi connectivity index (χ3v) is 12.2. The van der Waals surface area contributed by atoms with Crippen molar-refractivity contribution < 1.29 is 33.5 Å². The minimum Gasteiger partial charge on any atom is -0.448 e. The number of carbonyl (C=O) groups is 4. The highest BCUT2D eigenvalue weighted by Gasteiger charge is 2.53. The summed E-state index contributed by atoms with van der Waals surface area (Å²) in [6.45, 7) is 9.64. The van der Waals surface area contributed by atoms with Crippen LogP contribution in [0.25, 0.3) is 17.2 Å². The molecule has 0 aromatic heterocycles. The van der Waals surface area contributed by atoms with Gasteiger partial charge in [-0.3, -0.25) is 19.8 Å². The lowest BCUT2D eigenvalue weighted by Gasteiger charge is -2.42. The number of likely N-dealkylation sites (tertiary alicyclic amines) is 1. The number of carbonyl (C=O) groups excluding carboxylic acids is 4. The van der Waals surface area contributed by atoms with Gasteiger partial charge < -0.3 is 14.4 Å². The predicted molar refractivity (Wildman–Crippen MR) is 228 cm³/mol. The minimum absolute atomic E-state index is 0.00221. The van der Waals surface area contributed by atoms with Gasteiger partial charge in [-0.05, 0) is 84.1 Å². The van der Waals surface area contributed by atoms with Crippen molar-refractivity contribution in [3.63, 3.8) is 0 Å². The summed E-state index contributed by atoms with van der Waals surface area (Å²) in [5.41, 5.74) is 9.07. The molecule has 2 fully saturated rings. The van der Waals surface area contributed by atoms with E-state index >= 15 is 4.79 Å². The first-order valence-corrected chi connectivity index (χ1v) is 21.5. The number of nitrogens with two attached hydrogens (primary N) is 1. The molecule has 4 N–H and O–H groups in total. The molecule has 2 unspecified atom stereocenters. The van der Waals surface area contributed by atoms with Crippen LogP contribution in [0.2, 0.25) is 0 Å². The van der Waals surface area contributed by atoms with E-state index in [0.717, 1.165) is 29.5 Å². The number of nitrogens with one attached hydrogen (secondary N) is 2. The third-order valence-electron chi connectivity index (χ3n) is 12.2. The number of hydrazine groups is 1. The predicted octanol–water partition coefficient (Wildman–Crippen LogP) is 8.20. The quantitative estimate of drug-likeness (QED) is 0.0703. The van der Waals surface area contributed by atoms with E-state index in [4.69, 9.17) is 20.2 Å². The maximum absolute atomic E-state index is 15.3. The van der Waals surface area contributed by atoms with E-state index in [1.54, 1.807) is 4.90 Å². The SMILES string of the molecule is CC(C)C[C@@H](C(=O)NN)[C@H](C(=O)NOC1CCCCO1)C(/C=C/c1ccccc1)(CC(C)C)C(=O)CC1CCN(C(=O)OCC2c3ccccc3-c3ccccc32)CC1. The Morgan fingerprint density at radius 1 is 0.847 bits per heavy atom. The van der Waals surface area contributed by atoms with E-state index in [-0.39, 0.29) is 48.6 Å². The number of fused-ring (bicyclic) bond motifs is 3. The zero-order valence-electron chi connectivity index (χ0n) is 35.1. The van der Waals surface area contributed by atoms with Gasteiger partial charge in [-0.25, -0.2) is 21.0 Å². The number of rotatable bonds is 17. The molecule has 316 valence electrons. The van der Waals surface area contributed by atoms with Crippen molar-refractivity contribution in [1.82, 2.24) is 15.8 Å². The molecule has 3 aromatic carbocycles. The lowest BCUT2D eigenvalue weighted by Crippen LogP contribution is -2.55. The van der Waals surface area contributed by atoms with E-state index in [9.17, 15) is 14.4 Å². The van der Waals surface area contributed by atoms with Gasteiger partial charge >= 0.3 is 6.09 Å². The fourth-order valence-electron chi connectivity index (χ4n) is 9.40. The van der Waals surface area contributed by atoms with Gasteiger partial charge in [-0.2, -0.15) is 0 Å². The second-order valence-corrected chi connectivity index (χ2v) is 17.3. The Bertz CT molecular complexity index is 1870. The summed E-state index contributed by atoms with van der Waals surface area (Å²) in [6.07, 6.45) is 7.13. The van der Waals surface area contributed by atoms with Crippen LogP contribution in [0, 0.1) is 35.0 Å². The molecule has 3 aromatic rings. The molecule has 11 heteroatoms. The summed E-state index contributed by atoms with van der Waals surface area (Å²) in [5.74, 6) is 2.37. The van der Waals surface area contributed by atoms with Crippen LogP contribution in [0.3, 0.4) is 0 Å². The fraction of sp³-hybridized carbons (Fsp3) is 0.500. The third kappa shape index (κ3) is 10.7. The van der Waals surface area contributed by atoms with Crippen molar-refractivity contribution in [3.05, 3.63) is 102 Å². The first-order chi connectivity index (χ1) is 28.5. The van der Waals surface area contributed by atoms with Crippen molar-refractivity contribution in [2.75, 3.05) is 26.3 Å². The molecule has 59 heavy (non-hydrogen) atoms. The molecule has 3 amide bonds. The lowest BCUT2D eigenvalue weighted by molar-refractivity contribution is -0.204. The maximum atomic E-state index is 15.3. The van der Waals surface area contributed by atoms with Crippen LogP contribution in [0.5, 0.6) is 0 Å². The highest BCUT2D eigenvalue weighted by Crippen LogP contribution is 2.47. The standard InChI is InChI=1S/C48H62N4O7/c1-32(2)28-40(45(54)50-49)44(46(55)51-59-43-20-12-13-27-57-43)48(30-33(3)4,24-21-34-14-6-5-7-15-34)42(53)29-35-22-25-52(26-23-35)47(56)58-31-41-38-18-10-8-16-36(38)37-17-9-11-19-39(37)41/h5-11,14-19,21,24,32-33,35,40-41,43-44H,12-13,20,22-23,25-31,49H2,1-4H3,(H,50,54)(H,51,55)/b24-21+/t40-,43?,44-,48?/m1/s1. The molecule has 2 saturated heterocycles. The molecular formula is C48H62N4O7. The van der Waals surface area contributed by atoms with Gasteiger partial charge in [0.15, 0.2) is 6.29 Å². The summed E-state index contributed by atoms with van der Waals surface area (Å²) >= 11 is 0. The highest BCUT2D eigenvalue weighted by atomic mass is 16.8. The molecule has 1 aliphatic carbocycles. The summed E-state index contributed by atoms with van der Waals surface area (Å²) in [7, 11) is 0. The number of piperidine rings is 1. The van der Waals surface area contributed by atoms with Gasteiger partial charge in [0.25, 0.3) is 0 Å². The molecule has 6 rings (SSSR count). The van der Waals surface area contributed by atoms with E-state index in [2.05, 4.69) is 35.2 Å². The Kier molecular flexibility index (Phi) is 15.1. The van der Waals surface area contributed by atoms with E-state index in [1.807, 2.05) is 94.4 Å². The first-order valence-electron chi connectivity index (χ1n) is 21.5.